The summed E-state index contributed by atoms with van der Waals surface area (Å²) in [6, 6.07) is 8.09. The van der Waals surface area contributed by atoms with Gasteiger partial charge in [-0.05, 0) is 48.2 Å². The minimum atomic E-state index is -0.876. The van der Waals surface area contributed by atoms with Crippen LogP contribution in [0, 0.1) is 17.3 Å². The Bertz CT molecular complexity index is 967. The van der Waals surface area contributed by atoms with Gasteiger partial charge in [0.25, 0.3) is 5.91 Å². The van der Waals surface area contributed by atoms with Gasteiger partial charge in [0.15, 0.2) is 0 Å². The SMILES string of the molecule is CCC[C@H](NC(=O)[C@@H]1C2[C@H](CN1C(=O)/C=C/c1ccccc1)C2(C)C)C(=O)C(=O)NC1CC1. The van der Waals surface area contributed by atoms with E-state index in [-0.39, 0.29) is 35.1 Å². The number of hydrogen-bond acceptors (Lipinski definition) is 4. The van der Waals surface area contributed by atoms with Crippen LogP contribution in [0.1, 0.15) is 52.0 Å². The molecule has 0 spiro atoms. The van der Waals surface area contributed by atoms with Crippen LogP contribution in [0.3, 0.4) is 0 Å². The number of ketones is 1. The van der Waals surface area contributed by atoms with Crippen molar-refractivity contribution in [1.82, 2.24) is 15.5 Å². The lowest BCUT2D eigenvalue weighted by molar-refractivity contribution is -0.142. The van der Waals surface area contributed by atoms with E-state index in [2.05, 4.69) is 24.5 Å². The highest BCUT2D eigenvalue weighted by Gasteiger charge is 2.69. The number of rotatable bonds is 9. The number of nitrogens with one attached hydrogen (secondary N) is 2. The average Bonchev–Trinajstić information content (AvgIpc) is 3.64. The highest BCUT2D eigenvalue weighted by Crippen LogP contribution is 2.64. The number of carbonyl (C=O) groups excluding carboxylic acids is 4. The standard InChI is InChI=1S/C26H33N3O4/c1-4-8-19(23(31)25(33)27-17-12-13-17)28-24(32)22-21-18(26(21,2)3)15-29(22)20(30)14-11-16-9-6-5-7-10-16/h5-7,9-11,14,17-19,21-22H,4,8,12-13,15H2,1-3H3,(H,27,33)(H,28,32)/b14-11+/t18-,19-,21?,22-/m0/s1. The van der Waals surface area contributed by atoms with Gasteiger partial charge >= 0.3 is 0 Å². The maximum Gasteiger partial charge on any atom is 0.289 e. The first-order valence-corrected chi connectivity index (χ1v) is 11.9. The number of hydrogen-bond donors (Lipinski definition) is 2. The van der Waals surface area contributed by atoms with Crippen molar-refractivity contribution in [3.63, 3.8) is 0 Å². The first-order valence-electron chi connectivity index (χ1n) is 11.9. The van der Waals surface area contributed by atoms with E-state index in [4.69, 9.17) is 0 Å². The lowest BCUT2D eigenvalue weighted by atomic mass is 9.99. The molecule has 7 heteroatoms. The first kappa shape index (κ1) is 23.2. The van der Waals surface area contributed by atoms with Gasteiger partial charge in [0.05, 0.1) is 6.04 Å². The van der Waals surface area contributed by atoms with Crippen molar-refractivity contribution >= 4 is 29.6 Å². The summed E-state index contributed by atoms with van der Waals surface area (Å²) in [5.74, 6) is -1.51. The summed E-state index contributed by atoms with van der Waals surface area (Å²) in [6.07, 6.45) is 6.06. The third-order valence-corrected chi connectivity index (χ3v) is 7.32. The lowest BCUT2D eigenvalue weighted by Crippen LogP contribution is -2.55. The molecule has 2 N–H and O–H groups in total. The van der Waals surface area contributed by atoms with E-state index < -0.39 is 23.8 Å². The number of amides is 3. The smallest absolute Gasteiger partial charge is 0.289 e. The summed E-state index contributed by atoms with van der Waals surface area (Å²) in [5, 5.41) is 5.53. The van der Waals surface area contributed by atoms with Crippen LogP contribution >= 0.6 is 0 Å². The quantitative estimate of drug-likeness (QED) is 0.445. The molecule has 33 heavy (non-hydrogen) atoms. The molecule has 1 aromatic carbocycles. The van der Waals surface area contributed by atoms with Crippen LogP contribution in [-0.4, -0.2) is 53.1 Å². The van der Waals surface area contributed by atoms with Crippen LogP contribution < -0.4 is 10.6 Å². The van der Waals surface area contributed by atoms with E-state index in [0.29, 0.717) is 19.4 Å². The first-order chi connectivity index (χ1) is 15.7. The minimum absolute atomic E-state index is 0.0322. The average molecular weight is 452 g/mol. The molecule has 4 rings (SSSR count). The fraction of sp³-hybridized carbons (Fsp3) is 0.538. The van der Waals surface area contributed by atoms with Gasteiger partial charge in [-0.1, -0.05) is 57.5 Å². The molecule has 3 amide bonds. The lowest BCUT2D eigenvalue weighted by Gasteiger charge is -2.30. The molecular weight excluding hydrogens is 418 g/mol. The Morgan fingerprint density at radius 2 is 1.85 bits per heavy atom. The highest BCUT2D eigenvalue weighted by molar-refractivity contribution is 6.38. The summed E-state index contributed by atoms with van der Waals surface area (Å²) in [4.78, 5) is 53.0. The Labute approximate surface area is 195 Å². The molecule has 2 saturated carbocycles. The molecule has 0 aromatic heterocycles. The van der Waals surface area contributed by atoms with Gasteiger partial charge in [0.2, 0.25) is 17.6 Å². The Morgan fingerprint density at radius 1 is 1.15 bits per heavy atom. The molecule has 1 saturated heterocycles. The summed E-state index contributed by atoms with van der Waals surface area (Å²) in [6.45, 7) is 6.65. The number of fused-ring (bicyclic) bond motifs is 1. The maximum atomic E-state index is 13.4. The van der Waals surface area contributed by atoms with Gasteiger partial charge in [0.1, 0.15) is 6.04 Å². The topological polar surface area (TPSA) is 95.6 Å². The van der Waals surface area contributed by atoms with Crippen molar-refractivity contribution in [2.45, 2.75) is 64.6 Å². The van der Waals surface area contributed by atoms with E-state index in [1.54, 1.807) is 11.0 Å². The number of Topliss-reactive ketones (excluding diaryl/α,β-unsaturated/α-hetero) is 1. The van der Waals surface area contributed by atoms with Crippen LogP contribution in [0.4, 0.5) is 0 Å². The van der Waals surface area contributed by atoms with Crippen molar-refractivity contribution in [2.24, 2.45) is 17.3 Å². The van der Waals surface area contributed by atoms with E-state index in [9.17, 15) is 19.2 Å². The van der Waals surface area contributed by atoms with Gasteiger partial charge in [0, 0.05) is 18.7 Å². The number of carbonyl (C=O) groups is 4. The van der Waals surface area contributed by atoms with Gasteiger partial charge in [-0.3, -0.25) is 19.2 Å². The Kier molecular flexibility index (Phi) is 6.41. The van der Waals surface area contributed by atoms with E-state index in [1.807, 2.05) is 37.3 Å². The summed E-state index contributed by atoms with van der Waals surface area (Å²) in [7, 11) is 0. The molecule has 7 nitrogen and oxygen atoms in total. The van der Waals surface area contributed by atoms with E-state index >= 15 is 0 Å². The summed E-state index contributed by atoms with van der Waals surface area (Å²) >= 11 is 0. The number of piperidine rings is 1. The third-order valence-electron chi connectivity index (χ3n) is 7.32. The zero-order valence-electron chi connectivity index (χ0n) is 19.5. The fourth-order valence-electron chi connectivity index (χ4n) is 5.10. The highest BCUT2D eigenvalue weighted by atomic mass is 16.2. The van der Waals surface area contributed by atoms with E-state index in [1.165, 1.54) is 6.08 Å². The van der Waals surface area contributed by atoms with Crippen LogP contribution in [0.5, 0.6) is 0 Å². The van der Waals surface area contributed by atoms with Crippen LogP contribution in [-0.2, 0) is 19.2 Å². The minimum Gasteiger partial charge on any atom is -0.347 e. The van der Waals surface area contributed by atoms with Crippen molar-refractivity contribution < 1.29 is 19.2 Å². The van der Waals surface area contributed by atoms with Crippen molar-refractivity contribution in [3.8, 4) is 0 Å². The van der Waals surface area contributed by atoms with Crippen LogP contribution in [0.2, 0.25) is 0 Å². The normalized spacial score (nSPS) is 25.9. The third kappa shape index (κ3) is 4.87. The predicted molar refractivity (Wildman–Crippen MR) is 125 cm³/mol. The molecule has 1 aromatic rings. The zero-order chi connectivity index (χ0) is 23.8. The molecule has 1 aliphatic heterocycles. The van der Waals surface area contributed by atoms with Gasteiger partial charge < -0.3 is 15.5 Å². The molecule has 0 bridgehead atoms. The van der Waals surface area contributed by atoms with Crippen molar-refractivity contribution in [2.75, 3.05) is 6.54 Å². The van der Waals surface area contributed by atoms with Gasteiger partial charge in [-0.2, -0.15) is 0 Å². The maximum absolute atomic E-state index is 13.4. The number of benzene rings is 1. The molecule has 4 atom stereocenters. The fourth-order valence-corrected chi connectivity index (χ4v) is 5.10. The number of likely N-dealkylation sites (tertiary alicyclic amines) is 1. The Balaban J connectivity index is 1.47. The largest absolute Gasteiger partial charge is 0.347 e. The second kappa shape index (κ2) is 9.12. The zero-order valence-corrected chi connectivity index (χ0v) is 19.5. The molecule has 0 radical (unpaired) electrons. The molecule has 3 aliphatic rings. The van der Waals surface area contributed by atoms with Crippen molar-refractivity contribution in [3.05, 3.63) is 42.0 Å². The van der Waals surface area contributed by atoms with Crippen LogP contribution in [0.25, 0.3) is 6.08 Å². The van der Waals surface area contributed by atoms with Crippen LogP contribution in [0.15, 0.2) is 36.4 Å². The number of nitrogens with zero attached hydrogens (tertiary/aromatic N) is 1. The molecule has 1 unspecified atom stereocenters. The predicted octanol–water partition coefficient (Wildman–Crippen LogP) is 2.32. The summed E-state index contributed by atoms with van der Waals surface area (Å²) in [5.41, 5.74) is 0.877. The van der Waals surface area contributed by atoms with Crippen molar-refractivity contribution in [1.29, 1.82) is 0 Å². The molecule has 3 fully saturated rings. The molecule has 2 aliphatic carbocycles. The Hall–Kier alpha value is -2.96. The van der Waals surface area contributed by atoms with Gasteiger partial charge in [-0.25, -0.2) is 0 Å². The molecule has 1 heterocycles. The molecular formula is C26H33N3O4. The second-order valence-corrected chi connectivity index (χ2v) is 10.1. The van der Waals surface area contributed by atoms with Gasteiger partial charge in [-0.15, -0.1) is 0 Å². The van der Waals surface area contributed by atoms with E-state index in [0.717, 1.165) is 18.4 Å². The Morgan fingerprint density at radius 3 is 2.48 bits per heavy atom. The molecule has 176 valence electrons. The monoisotopic (exact) mass is 451 g/mol. The summed E-state index contributed by atoms with van der Waals surface area (Å²) < 4.78 is 0. The second-order valence-electron chi connectivity index (χ2n) is 10.1.